The van der Waals surface area contributed by atoms with E-state index >= 15 is 0 Å². The van der Waals surface area contributed by atoms with Crippen LogP contribution < -0.4 is 15.4 Å². The van der Waals surface area contributed by atoms with Crippen LogP contribution in [0.4, 0.5) is 11.4 Å². The highest BCUT2D eigenvalue weighted by molar-refractivity contribution is 6.09. The minimum Gasteiger partial charge on any atom is -0.508 e. The maximum absolute atomic E-state index is 12.3. The number of amides is 2. The summed E-state index contributed by atoms with van der Waals surface area (Å²) in [7, 11) is 0. The van der Waals surface area contributed by atoms with Crippen LogP contribution >= 0.6 is 0 Å². The molecule has 0 aliphatic rings. The smallest absolute Gasteiger partial charge is 0.266 e. The van der Waals surface area contributed by atoms with Crippen molar-refractivity contribution >= 4 is 29.3 Å². The fraction of sp³-hybridized carbons (Fsp3) is 0.0800. The first-order valence-corrected chi connectivity index (χ1v) is 9.74. The summed E-state index contributed by atoms with van der Waals surface area (Å²) in [4.78, 5) is 24.4. The zero-order chi connectivity index (χ0) is 22.9. The van der Waals surface area contributed by atoms with E-state index in [2.05, 4.69) is 10.6 Å². The minimum absolute atomic E-state index is 0.0778. The van der Waals surface area contributed by atoms with Crippen molar-refractivity contribution in [1.82, 2.24) is 0 Å². The summed E-state index contributed by atoms with van der Waals surface area (Å²) in [6.45, 7) is 1.79. The van der Waals surface area contributed by atoms with Gasteiger partial charge in [-0.2, -0.15) is 5.26 Å². The molecule has 0 bridgehead atoms. The van der Waals surface area contributed by atoms with Gasteiger partial charge in [-0.3, -0.25) is 9.59 Å². The molecule has 7 nitrogen and oxygen atoms in total. The van der Waals surface area contributed by atoms with E-state index < -0.39 is 5.91 Å². The zero-order valence-corrected chi connectivity index (χ0v) is 17.3. The summed E-state index contributed by atoms with van der Waals surface area (Å²) in [5.41, 5.74) is 2.75. The topological polar surface area (TPSA) is 111 Å². The second-order valence-corrected chi connectivity index (χ2v) is 6.95. The number of nitrogens with zero attached hydrogens (tertiary/aromatic N) is 1. The molecule has 0 fully saturated rings. The highest BCUT2D eigenvalue weighted by atomic mass is 16.5. The van der Waals surface area contributed by atoms with Gasteiger partial charge in [0, 0.05) is 11.4 Å². The van der Waals surface area contributed by atoms with E-state index in [-0.39, 0.29) is 23.8 Å². The first-order valence-electron chi connectivity index (χ1n) is 9.74. The first kappa shape index (κ1) is 22.1. The van der Waals surface area contributed by atoms with E-state index in [1.165, 1.54) is 30.3 Å². The standard InChI is InChI=1S/C25H21N3O4/c1-17-3-2-4-21(13-17)27-24(30)16-32-23-11-5-18(6-12-23)14-19(15-26)25(31)28-20-7-9-22(29)10-8-20/h2-14,29H,16H2,1H3,(H,27,30)(H,28,31)/b19-14+. The second-order valence-electron chi connectivity index (χ2n) is 6.95. The third-order valence-corrected chi connectivity index (χ3v) is 4.35. The number of ether oxygens (including phenoxy) is 1. The molecule has 0 spiro atoms. The number of nitrogens with one attached hydrogen (secondary N) is 2. The summed E-state index contributed by atoms with van der Waals surface area (Å²) in [5, 5.41) is 24.0. The molecule has 32 heavy (non-hydrogen) atoms. The molecule has 0 aliphatic heterocycles. The third kappa shape index (κ3) is 6.47. The molecule has 0 atom stereocenters. The number of phenolic OH excluding ortho intramolecular Hbond substituents is 1. The molecule has 0 saturated carbocycles. The zero-order valence-electron chi connectivity index (χ0n) is 17.3. The van der Waals surface area contributed by atoms with Crippen LogP contribution in [0.1, 0.15) is 11.1 Å². The largest absolute Gasteiger partial charge is 0.508 e. The Kier molecular flexibility index (Phi) is 7.23. The Morgan fingerprint density at radius 2 is 1.72 bits per heavy atom. The summed E-state index contributed by atoms with van der Waals surface area (Å²) < 4.78 is 5.50. The van der Waals surface area contributed by atoms with Gasteiger partial charge in [0.15, 0.2) is 6.61 Å². The number of aryl methyl sites for hydroxylation is 1. The van der Waals surface area contributed by atoms with Crippen LogP contribution in [0.5, 0.6) is 11.5 Å². The van der Waals surface area contributed by atoms with Crippen LogP contribution in [-0.4, -0.2) is 23.5 Å². The van der Waals surface area contributed by atoms with E-state index in [0.29, 0.717) is 22.7 Å². The lowest BCUT2D eigenvalue weighted by molar-refractivity contribution is -0.118. The monoisotopic (exact) mass is 427 g/mol. The molecule has 0 saturated heterocycles. The van der Waals surface area contributed by atoms with Crippen LogP contribution in [0.25, 0.3) is 6.08 Å². The van der Waals surface area contributed by atoms with Gasteiger partial charge in [-0.1, -0.05) is 24.3 Å². The van der Waals surface area contributed by atoms with Crippen LogP contribution in [-0.2, 0) is 9.59 Å². The van der Waals surface area contributed by atoms with E-state index in [1.54, 1.807) is 30.3 Å². The summed E-state index contributed by atoms with van der Waals surface area (Å²) >= 11 is 0. The van der Waals surface area contributed by atoms with Crippen LogP contribution in [0, 0.1) is 18.3 Å². The summed E-state index contributed by atoms with van der Waals surface area (Å²) in [6.07, 6.45) is 1.45. The quantitative estimate of drug-likeness (QED) is 0.296. The van der Waals surface area contributed by atoms with Gasteiger partial charge in [-0.15, -0.1) is 0 Å². The van der Waals surface area contributed by atoms with Crippen molar-refractivity contribution in [2.75, 3.05) is 17.2 Å². The van der Waals surface area contributed by atoms with Gasteiger partial charge in [0.1, 0.15) is 23.1 Å². The van der Waals surface area contributed by atoms with Gasteiger partial charge in [0.2, 0.25) is 0 Å². The van der Waals surface area contributed by atoms with Crippen molar-refractivity contribution in [3.8, 4) is 17.6 Å². The SMILES string of the molecule is Cc1cccc(NC(=O)COc2ccc(/C=C(\C#N)C(=O)Nc3ccc(O)cc3)cc2)c1. The summed E-state index contributed by atoms with van der Waals surface area (Å²) in [5.74, 6) is -0.286. The molecule has 3 aromatic rings. The predicted molar refractivity (Wildman–Crippen MR) is 122 cm³/mol. The Labute approximate surface area is 185 Å². The highest BCUT2D eigenvalue weighted by Gasteiger charge is 2.10. The fourth-order valence-electron chi connectivity index (χ4n) is 2.79. The van der Waals surface area contributed by atoms with Gasteiger partial charge in [0.25, 0.3) is 11.8 Å². The fourth-order valence-corrected chi connectivity index (χ4v) is 2.79. The van der Waals surface area contributed by atoms with Crippen molar-refractivity contribution in [3.05, 3.63) is 89.5 Å². The number of nitriles is 1. The van der Waals surface area contributed by atoms with Crippen LogP contribution in [0.3, 0.4) is 0 Å². The number of carbonyl (C=O) groups is 2. The number of carbonyl (C=O) groups excluding carboxylic acids is 2. The van der Waals surface area contributed by atoms with Gasteiger partial charge < -0.3 is 20.5 Å². The number of anilines is 2. The number of benzene rings is 3. The van der Waals surface area contributed by atoms with Gasteiger partial charge in [-0.05, 0) is 72.7 Å². The Bertz CT molecular complexity index is 1180. The molecule has 0 heterocycles. The molecule has 3 aromatic carbocycles. The molecule has 160 valence electrons. The molecule has 0 aromatic heterocycles. The van der Waals surface area contributed by atoms with Gasteiger partial charge >= 0.3 is 0 Å². The Balaban J connectivity index is 1.57. The molecular weight excluding hydrogens is 406 g/mol. The number of hydrogen-bond donors (Lipinski definition) is 3. The van der Waals surface area contributed by atoms with Gasteiger partial charge in [-0.25, -0.2) is 0 Å². The molecule has 7 heteroatoms. The molecule has 0 aliphatic carbocycles. The van der Waals surface area contributed by atoms with Gasteiger partial charge in [0.05, 0.1) is 0 Å². The lowest BCUT2D eigenvalue weighted by atomic mass is 10.1. The maximum Gasteiger partial charge on any atom is 0.266 e. The molecule has 3 rings (SSSR count). The van der Waals surface area contributed by atoms with Crippen LogP contribution in [0.15, 0.2) is 78.4 Å². The van der Waals surface area contributed by atoms with E-state index in [4.69, 9.17) is 4.74 Å². The van der Waals surface area contributed by atoms with Crippen LogP contribution in [0.2, 0.25) is 0 Å². The van der Waals surface area contributed by atoms with E-state index in [0.717, 1.165) is 5.56 Å². The van der Waals surface area contributed by atoms with E-state index in [1.807, 2.05) is 31.2 Å². The van der Waals surface area contributed by atoms with Crippen molar-refractivity contribution in [2.24, 2.45) is 0 Å². The molecule has 3 N–H and O–H groups in total. The minimum atomic E-state index is -0.564. The number of rotatable bonds is 7. The molecule has 0 unspecified atom stereocenters. The average Bonchev–Trinajstić information content (AvgIpc) is 2.78. The van der Waals surface area contributed by atoms with Crippen molar-refractivity contribution in [1.29, 1.82) is 5.26 Å². The van der Waals surface area contributed by atoms with Crippen molar-refractivity contribution in [2.45, 2.75) is 6.92 Å². The maximum atomic E-state index is 12.3. The lowest BCUT2D eigenvalue weighted by Gasteiger charge is -2.08. The normalized spacial score (nSPS) is 10.7. The predicted octanol–water partition coefficient (Wildman–Crippen LogP) is 4.26. The highest BCUT2D eigenvalue weighted by Crippen LogP contribution is 2.17. The average molecular weight is 427 g/mol. The number of phenols is 1. The van der Waals surface area contributed by atoms with Crippen molar-refractivity contribution < 1.29 is 19.4 Å². The Morgan fingerprint density at radius 1 is 1.00 bits per heavy atom. The molecule has 2 amide bonds. The lowest BCUT2D eigenvalue weighted by Crippen LogP contribution is -2.20. The number of hydrogen-bond acceptors (Lipinski definition) is 5. The second kappa shape index (κ2) is 10.5. The first-order chi connectivity index (χ1) is 15.4. The Hall–Kier alpha value is -4.57. The summed E-state index contributed by atoms with van der Waals surface area (Å²) in [6, 6.07) is 21.9. The third-order valence-electron chi connectivity index (χ3n) is 4.35. The van der Waals surface area contributed by atoms with Crippen molar-refractivity contribution in [3.63, 3.8) is 0 Å². The molecule has 0 radical (unpaired) electrons. The van der Waals surface area contributed by atoms with E-state index in [9.17, 15) is 20.0 Å². The molecular formula is C25H21N3O4. The Morgan fingerprint density at radius 3 is 2.38 bits per heavy atom. The number of aromatic hydroxyl groups is 1.